The van der Waals surface area contributed by atoms with Crippen molar-refractivity contribution in [1.29, 1.82) is 0 Å². The molecule has 1 heterocycles. The molecule has 118 valence electrons. The molecule has 0 fully saturated rings. The van der Waals surface area contributed by atoms with Crippen LogP contribution in [0.1, 0.15) is 29.4 Å². The Bertz CT molecular complexity index is 838. The fourth-order valence-electron chi connectivity index (χ4n) is 2.65. The number of ketones is 1. The number of carbonyl (C=O) groups excluding carboxylic acids is 1. The van der Waals surface area contributed by atoms with Crippen molar-refractivity contribution in [3.05, 3.63) is 66.0 Å². The molecule has 3 aromatic rings. The van der Waals surface area contributed by atoms with Crippen LogP contribution in [0.2, 0.25) is 0 Å². The lowest BCUT2D eigenvalue weighted by Crippen LogP contribution is -2.36. The van der Waals surface area contributed by atoms with E-state index in [1.54, 1.807) is 41.0 Å². The minimum absolute atomic E-state index is 0.0334. The van der Waals surface area contributed by atoms with E-state index in [4.69, 9.17) is 0 Å². The van der Waals surface area contributed by atoms with Gasteiger partial charge in [0.2, 0.25) is 12.1 Å². The van der Waals surface area contributed by atoms with Crippen LogP contribution in [0.5, 0.6) is 0 Å². The fraction of sp³-hybridized carbons (Fsp3) is 0.222. The predicted molar refractivity (Wildman–Crippen MR) is 83.5 cm³/mol. The number of hydrogen-bond acceptors (Lipinski definition) is 1. The highest BCUT2D eigenvalue weighted by atomic mass is 19.3. The summed E-state index contributed by atoms with van der Waals surface area (Å²) in [7, 11) is 0. The summed E-state index contributed by atoms with van der Waals surface area (Å²) in [6.07, 6.45) is 2.21. The number of rotatable bonds is 5. The standard InChI is InChI=1S/C18H17F2N2O/c1-2-13-7-9-14(10-8-13)17(23)11-21-12-22(18(19)20)16-6-4-3-5-15(16)21/h3-10,12,18H,2,11H2,1H3/q+1. The molecule has 3 nitrogen and oxygen atoms in total. The van der Waals surface area contributed by atoms with E-state index in [9.17, 15) is 13.6 Å². The molecule has 0 aliphatic carbocycles. The lowest BCUT2D eigenvalue weighted by Gasteiger charge is -2.01. The minimum Gasteiger partial charge on any atom is -0.290 e. The number of alkyl halides is 2. The molecule has 0 radical (unpaired) electrons. The molecule has 0 amide bonds. The van der Waals surface area contributed by atoms with Gasteiger partial charge in [0.15, 0.2) is 17.6 Å². The van der Waals surface area contributed by atoms with Crippen molar-refractivity contribution < 1.29 is 18.1 Å². The first-order chi connectivity index (χ1) is 11.1. The summed E-state index contributed by atoms with van der Waals surface area (Å²) >= 11 is 0. The van der Waals surface area contributed by atoms with Gasteiger partial charge in [0.25, 0.3) is 0 Å². The second-order valence-corrected chi connectivity index (χ2v) is 5.39. The monoisotopic (exact) mass is 315 g/mol. The van der Waals surface area contributed by atoms with Gasteiger partial charge >= 0.3 is 6.55 Å². The number of carbonyl (C=O) groups is 1. The lowest BCUT2D eigenvalue weighted by molar-refractivity contribution is -0.658. The number of benzene rings is 2. The Kier molecular flexibility index (Phi) is 4.19. The lowest BCUT2D eigenvalue weighted by atomic mass is 10.1. The van der Waals surface area contributed by atoms with Crippen molar-refractivity contribution >= 4 is 16.8 Å². The number of Topliss-reactive ketones (excluding diaryl/α,β-unsaturated/α-hetero) is 1. The predicted octanol–water partition coefficient (Wildman–Crippen LogP) is 3.77. The molecule has 0 aliphatic rings. The molecule has 2 aromatic carbocycles. The van der Waals surface area contributed by atoms with Crippen LogP contribution in [-0.2, 0) is 13.0 Å². The van der Waals surface area contributed by atoms with Crippen LogP contribution in [0.4, 0.5) is 8.78 Å². The Morgan fingerprint density at radius 2 is 1.83 bits per heavy atom. The van der Waals surface area contributed by atoms with Gasteiger partial charge in [-0.2, -0.15) is 13.3 Å². The molecule has 0 N–H and O–H groups in total. The fourth-order valence-corrected chi connectivity index (χ4v) is 2.65. The molecule has 1 aromatic heterocycles. The van der Waals surface area contributed by atoms with Crippen LogP contribution in [0.15, 0.2) is 54.9 Å². The third-order valence-electron chi connectivity index (χ3n) is 3.94. The van der Waals surface area contributed by atoms with Gasteiger partial charge < -0.3 is 0 Å². The second kappa shape index (κ2) is 6.28. The topological polar surface area (TPSA) is 25.9 Å². The van der Waals surface area contributed by atoms with Crippen LogP contribution in [0.3, 0.4) is 0 Å². The molecular weight excluding hydrogens is 298 g/mol. The van der Waals surface area contributed by atoms with Crippen LogP contribution >= 0.6 is 0 Å². The van der Waals surface area contributed by atoms with E-state index >= 15 is 0 Å². The van der Waals surface area contributed by atoms with Gasteiger partial charge in [-0.15, -0.1) is 0 Å². The highest BCUT2D eigenvalue weighted by Gasteiger charge is 2.23. The van der Waals surface area contributed by atoms with Crippen molar-refractivity contribution in [2.24, 2.45) is 0 Å². The van der Waals surface area contributed by atoms with Crippen LogP contribution in [0, 0.1) is 0 Å². The third kappa shape index (κ3) is 2.99. The number of para-hydroxylation sites is 2. The summed E-state index contributed by atoms with van der Waals surface area (Å²) in [5, 5.41) is 0. The molecular formula is C18H17F2N2O+. The van der Waals surface area contributed by atoms with Crippen LogP contribution < -0.4 is 4.57 Å². The maximum absolute atomic E-state index is 13.1. The summed E-state index contributed by atoms with van der Waals surface area (Å²) < 4.78 is 28.7. The Morgan fingerprint density at radius 3 is 2.48 bits per heavy atom. The van der Waals surface area contributed by atoms with Crippen molar-refractivity contribution in [3.63, 3.8) is 0 Å². The SMILES string of the molecule is CCc1ccc(C(=O)C[n+]2cn(C(F)F)c3ccccc32)cc1. The van der Waals surface area contributed by atoms with Crippen LogP contribution in [0.25, 0.3) is 11.0 Å². The van der Waals surface area contributed by atoms with Gasteiger partial charge in [-0.25, -0.2) is 4.57 Å². The smallest absolute Gasteiger partial charge is 0.290 e. The molecule has 0 atom stereocenters. The summed E-state index contributed by atoms with van der Waals surface area (Å²) in [6, 6.07) is 14.2. The maximum atomic E-state index is 13.1. The third-order valence-corrected chi connectivity index (χ3v) is 3.94. The first-order valence-corrected chi connectivity index (χ1v) is 7.49. The number of imidazole rings is 1. The van der Waals surface area contributed by atoms with Gasteiger partial charge in [-0.3, -0.25) is 4.79 Å². The van der Waals surface area contributed by atoms with E-state index in [2.05, 4.69) is 0 Å². The molecule has 0 bridgehead atoms. The second-order valence-electron chi connectivity index (χ2n) is 5.39. The Balaban J connectivity index is 1.93. The number of halogens is 2. The number of aryl methyl sites for hydroxylation is 1. The van der Waals surface area contributed by atoms with E-state index in [1.807, 2.05) is 19.1 Å². The van der Waals surface area contributed by atoms with E-state index < -0.39 is 6.55 Å². The average molecular weight is 315 g/mol. The van der Waals surface area contributed by atoms with Crippen molar-refractivity contribution in [1.82, 2.24) is 4.57 Å². The molecule has 0 saturated carbocycles. The zero-order chi connectivity index (χ0) is 16.4. The van der Waals surface area contributed by atoms with E-state index in [0.717, 1.165) is 16.6 Å². The average Bonchev–Trinajstić information content (AvgIpc) is 2.94. The number of hydrogen-bond donors (Lipinski definition) is 0. The molecule has 23 heavy (non-hydrogen) atoms. The van der Waals surface area contributed by atoms with Gasteiger partial charge in [0.05, 0.1) is 0 Å². The largest absolute Gasteiger partial charge is 0.387 e. The Morgan fingerprint density at radius 1 is 1.13 bits per heavy atom. The number of nitrogens with zero attached hydrogens (tertiary/aromatic N) is 2. The molecule has 5 heteroatoms. The van der Waals surface area contributed by atoms with E-state index in [-0.39, 0.29) is 12.3 Å². The van der Waals surface area contributed by atoms with Gasteiger partial charge in [0.1, 0.15) is 0 Å². The molecule has 0 saturated heterocycles. The summed E-state index contributed by atoms with van der Waals surface area (Å²) in [6.45, 7) is -0.558. The first-order valence-electron chi connectivity index (χ1n) is 7.49. The summed E-state index contributed by atoms with van der Waals surface area (Å²) in [5.74, 6) is -0.102. The maximum Gasteiger partial charge on any atom is 0.387 e. The number of aromatic nitrogens is 2. The van der Waals surface area contributed by atoms with E-state index in [1.165, 1.54) is 6.33 Å². The minimum atomic E-state index is -2.64. The van der Waals surface area contributed by atoms with Crippen molar-refractivity contribution in [3.8, 4) is 0 Å². The summed E-state index contributed by atoms with van der Waals surface area (Å²) in [4.78, 5) is 12.4. The highest BCUT2D eigenvalue weighted by molar-refractivity contribution is 5.95. The molecule has 0 aliphatic heterocycles. The molecule has 0 unspecified atom stereocenters. The normalized spacial score (nSPS) is 11.3. The van der Waals surface area contributed by atoms with E-state index in [0.29, 0.717) is 16.6 Å². The highest BCUT2D eigenvalue weighted by Crippen LogP contribution is 2.18. The Labute approximate surface area is 132 Å². The van der Waals surface area contributed by atoms with Gasteiger partial charge in [-0.05, 0) is 24.1 Å². The van der Waals surface area contributed by atoms with Crippen molar-refractivity contribution in [2.45, 2.75) is 26.4 Å². The molecule has 3 rings (SSSR count). The first kappa shape index (κ1) is 15.3. The van der Waals surface area contributed by atoms with Crippen molar-refractivity contribution in [2.75, 3.05) is 0 Å². The Hall–Kier alpha value is -2.56. The zero-order valence-corrected chi connectivity index (χ0v) is 12.7. The van der Waals surface area contributed by atoms with Crippen LogP contribution in [-0.4, -0.2) is 10.4 Å². The van der Waals surface area contributed by atoms with Gasteiger partial charge in [0, 0.05) is 5.56 Å². The molecule has 0 spiro atoms. The number of fused-ring (bicyclic) bond motifs is 1. The zero-order valence-electron chi connectivity index (χ0n) is 12.7. The summed E-state index contributed by atoms with van der Waals surface area (Å²) in [5.41, 5.74) is 2.77. The van der Waals surface area contributed by atoms with Gasteiger partial charge in [-0.1, -0.05) is 43.3 Å². The quantitative estimate of drug-likeness (QED) is 0.520.